The summed E-state index contributed by atoms with van der Waals surface area (Å²) in [7, 11) is 0. The number of hydrogen-bond acceptors (Lipinski definition) is 3. The third-order valence-corrected chi connectivity index (χ3v) is 4.98. The predicted octanol–water partition coefficient (Wildman–Crippen LogP) is 3.79. The van der Waals surface area contributed by atoms with Crippen LogP contribution in [0.3, 0.4) is 0 Å². The Morgan fingerprint density at radius 2 is 2.19 bits per heavy atom. The quantitative estimate of drug-likeness (QED) is 0.900. The second-order valence-corrected chi connectivity index (χ2v) is 6.99. The summed E-state index contributed by atoms with van der Waals surface area (Å²) in [5, 5.41) is 7.94. The van der Waals surface area contributed by atoms with E-state index in [0.29, 0.717) is 30.1 Å². The molecule has 21 heavy (non-hydrogen) atoms. The van der Waals surface area contributed by atoms with Gasteiger partial charge in [-0.1, -0.05) is 45.7 Å². The SMILES string of the molecule is CCC1CCC(Nc2cnn(CC(C)C)c(=O)c2Cl)C1C. The molecule has 3 atom stereocenters. The van der Waals surface area contributed by atoms with Gasteiger partial charge in [-0.3, -0.25) is 4.79 Å². The van der Waals surface area contributed by atoms with Crippen LogP contribution in [-0.4, -0.2) is 15.8 Å². The molecule has 4 nitrogen and oxygen atoms in total. The summed E-state index contributed by atoms with van der Waals surface area (Å²) in [6.45, 7) is 9.22. The van der Waals surface area contributed by atoms with Crippen molar-refractivity contribution in [1.82, 2.24) is 9.78 Å². The minimum Gasteiger partial charge on any atom is -0.379 e. The summed E-state index contributed by atoms with van der Waals surface area (Å²) < 4.78 is 1.45. The Balaban J connectivity index is 2.15. The molecule has 1 aromatic rings. The average Bonchev–Trinajstić information content (AvgIpc) is 2.79. The largest absolute Gasteiger partial charge is 0.379 e. The highest BCUT2D eigenvalue weighted by molar-refractivity contribution is 6.32. The summed E-state index contributed by atoms with van der Waals surface area (Å²) in [5.74, 6) is 1.73. The van der Waals surface area contributed by atoms with Crippen LogP contribution in [0.25, 0.3) is 0 Å². The Labute approximate surface area is 131 Å². The fourth-order valence-electron chi connectivity index (χ4n) is 3.27. The first kappa shape index (κ1) is 16.3. The van der Waals surface area contributed by atoms with Gasteiger partial charge in [0.15, 0.2) is 0 Å². The zero-order chi connectivity index (χ0) is 15.6. The first-order valence-electron chi connectivity index (χ1n) is 7.96. The lowest BCUT2D eigenvalue weighted by molar-refractivity contribution is 0.391. The third-order valence-electron chi connectivity index (χ3n) is 4.61. The van der Waals surface area contributed by atoms with E-state index in [1.54, 1.807) is 6.20 Å². The third kappa shape index (κ3) is 3.60. The molecule has 5 heteroatoms. The average molecular weight is 312 g/mol. The van der Waals surface area contributed by atoms with Crippen LogP contribution < -0.4 is 10.9 Å². The van der Waals surface area contributed by atoms with Crippen molar-refractivity contribution in [2.24, 2.45) is 17.8 Å². The van der Waals surface area contributed by atoms with Crippen molar-refractivity contribution in [3.8, 4) is 0 Å². The van der Waals surface area contributed by atoms with E-state index >= 15 is 0 Å². The topological polar surface area (TPSA) is 46.9 Å². The minimum atomic E-state index is -0.201. The summed E-state index contributed by atoms with van der Waals surface area (Å²) >= 11 is 6.24. The van der Waals surface area contributed by atoms with E-state index in [9.17, 15) is 4.79 Å². The molecular formula is C16H26ClN3O. The van der Waals surface area contributed by atoms with Crippen molar-refractivity contribution in [2.45, 2.75) is 59.5 Å². The maximum absolute atomic E-state index is 12.2. The van der Waals surface area contributed by atoms with Gasteiger partial charge in [-0.25, -0.2) is 4.68 Å². The van der Waals surface area contributed by atoms with Crippen LogP contribution >= 0.6 is 11.6 Å². The van der Waals surface area contributed by atoms with Crippen molar-refractivity contribution < 1.29 is 0 Å². The van der Waals surface area contributed by atoms with Crippen LogP contribution in [0.5, 0.6) is 0 Å². The van der Waals surface area contributed by atoms with Crippen molar-refractivity contribution in [3.63, 3.8) is 0 Å². The number of hydrogen-bond donors (Lipinski definition) is 1. The lowest BCUT2D eigenvalue weighted by Crippen LogP contribution is -2.29. The van der Waals surface area contributed by atoms with Crippen LogP contribution in [0, 0.1) is 17.8 Å². The maximum Gasteiger partial charge on any atom is 0.287 e. The Morgan fingerprint density at radius 1 is 1.48 bits per heavy atom. The molecule has 1 aromatic heterocycles. The monoisotopic (exact) mass is 311 g/mol. The van der Waals surface area contributed by atoms with Crippen molar-refractivity contribution >= 4 is 17.3 Å². The normalized spacial score (nSPS) is 25.5. The molecule has 2 rings (SSSR count). The number of rotatable bonds is 5. The number of aromatic nitrogens is 2. The minimum absolute atomic E-state index is 0.201. The Bertz CT molecular complexity index is 541. The molecule has 0 aromatic carbocycles. The van der Waals surface area contributed by atoms with Crippen LogP contribution in [0.1, 0.15) is 47.0 Å². The van der Waals surface area contributed by atoms with Gasteiger partial charge in [0.1, 0.15) is 5.02 Å². The molecule has 118 valence electrons. The first-order chi connectivity index (χ1) is 9.93. The van der Waals surface area contributed by atoms with E-state index in [2.05, 4.69) is 38.1 Å². The van der Waals surface area contributed by atoms with E-state index in [-0.39, 0.29) is 10.6 Å². The first-order valence-corrected chi connectivity index (χ1v) is 8.34. The zero-order valence-corrected chi connectivity index (χ0v) is 14.2. The highest BCUT2D eigenvalue weighted by atomic mass is 35.5. The summed E-state index contributed by atoms with van der Waals surface area (Å²) in [5.41, 5.74) is 0.475. The Kier molecular flexibility index (Phi) is 5.31. The van der Waals surface area contributed by atoms with Gasteiger partial charge in [-0.05, 0) is 30.6 Å². The number of halogens is 1. The van der Waals surface area contributed by atoms with Crippen LogP contribution in [0.15, 0.2) is 11.0 Å². The molecule has 1 aliphatic carbocycles. The summed E-state index contributed by atoms with van der Waals surface area (Å²) in [6, 6.07) is 0.384. The lowest BCUT2D eigenvalue weighted by Gasteiger charge is -2.22. The highest BCUT2D eigenvalue weighted by Gasteiger charge is 2.31. The molecule has 1 N–H and O–H groups in total. The lowest BCUT2D eigenvalue weighted by atomic mass is 9.93. The Hall–Kier alpha value is -1.03. The van der Waals surface area contributed by atoms with E-state index in [1.165, 1.54) is 17.5 Å². The second kappa shape index (κ2) is 6.82. The Morgan fingerprint density at radius 3 is 2.76 bits per heavy atom. The number of nitrogens with one attached hydrogen (secondary N) is 1. The van der Waals surface area contributed by atoms with E-state index in [0.717, 1.165) is 12.3 Å². The number of nitrogens with zero attached hydrogens (tertiary/aromatic N) is 2. The van der Waals surface area contributed by atoms with Gasteiger partial charge in [-0.15, -0.1) is 0 Å². The molecule has 3 unspecified atom stereocenters. The van der Waals surface area contributed by atoms with E-state index < -0.39 is 0 Å². The predicted molar refractivity (Wildman–Crippen MR) is 87.9 cm³/mol. The standard InChI is InChI=1S/C16H26ClN3O/c1-5-12-6-7-13(11(12)4)19-14-8-18-20(9-10(2)3)16(21)15(14)17/h8,10-13,19H,5-7,9H2,1-4H3. The highest BCUT2D eigenvalue weighted by Crippen LogP contribution is 2.36. The van der Waals surface area contributed by atoms with Gasteiger partial charge < -0.3 is 5.32 Å². The molecule has 1 aliphatic rings. The van der Waals surface area contributed by atoms with Crippen molar-refractivity contribution in [3.05, 3.63) is 21.6 Å². The van der Waals surface area contributed by atoms with Gasteiger partial charge in [0.05, 0.1) is 11.9 Å². The van der Waals surface area contributed by atoms with Crippen molar-refractivity contribution in [1.29, 1.82) is 0 Å². The van der Waals surface area contributed by atoms with Gasteiger partial charge in [0, 0.05) is 12.6 Å². The van der Waals surface area contributed by atoms with Crippen molar-refractivity contribution in [2.75, 3.05) is 5.32 Å². The molecule has 0 spiro atoms. The van der Waals surface area contributed by atoms with E-state index in [1.807, 2.05) is 0 Å². The second-order valence-electron chi connectivity index (χ2n) is 6.61. The molecule has 0 saturated heterocycles. The van der Waals surface area contributed by atoms with E-state index in [4.69, 9.17) is 11.6 Å². The molecule has 1 fully saturated rings. The molecule has 0 amide bonds. The molecule has 0 aliphatic heterocycles. The van der Waals surface area contributed by atoms with Crippen LogP contribution in [-0.2, 0) is 6.54 Å². The van der Waals surface area contributed by atoms with Gasteiger partial charge >= 0.3 is 0 Å². The van der Waals surface area contributed by atoms with Gasteiger partial charge in [0.2, 0.25) is 0 Å². The molecular weight excluding hydrogens is 286 g/mol. The van der Waals surface area contributed by atoms with Gasteiger partial charge in [0.25, 0.3) is 5.56 Å². The summed E-state index contributed by atoms with van der Waals surface area (Å²) in [6.07, 6.45) is 5.27. The zero-order valence-electron chi connectivity index (χ0n) is 13.4. The molecule has 1 saturated carbocycles. The van der Waals surface area contributed by atoms with Crippen LogP contribution in [0.2, 0.25) is 5.02 Å². The summed E-state index contributed by atoms with van der Waals surface area (Å²) in [4.78, 5) is 12.2. The van der Waals surface area contributed by atoms with Crippen LogP contribution in [0.4, 0.5) is 5.69 Å². The maximum atomic E-state index is 12.2. The fraction of sp³-hybridized carbons (Fsp3) is 0.750. The number of anilines is 1. The fourth-order valence-corrected chi connectivity index (χ4v) is 3.47. The molecule has 0 radical (unpaired) electrons. The van der Waals surface area contributed by atoms with Gasteiger partial charge in [-0.2, -0.15) is 5.10 Å². The molecule has 0 bridgehead atoms. The molecule has 1 heterocycles. The smallest absolute Gasteiger partial charge is 0.287 e.